The fraction of sp³-hybridized carbons (Fsp3) is 1.00. The third-order valence-corrected chi connectivity index (χ3v) is 18.6. The fourth-order valence-corrected chi connectivity index (χ4v) is 16.6. The molecule has 0 N–H and O–H groups in total. The molecule has 0 saturated carbocycles. The van der Waals surface area contributed by atoms with Crippen LogP contribution in [0.25, 0.3) is 0 Å². The van der Waals surface area contributed by atoms with Gasteiger partial charge < -0.3 is 0 Å². The Morgan fingerprint density at radius 3 is 1.59 bits per heavy atom. The van der Waals surface area contributed by atoms with Crippen LogP contribution in [-0.4, -0.2) is 25.4 Å². The summed E-state index contributed by atoms with van der Waals surface area (Å²) < 4.78 is 11.1. The number of unbranched alkanes of at least 4 members (excludes halogenated alkanes) is 10. The molecule has 2 heteroatoms. The Morgan fingerprint density at radius 1 is 0.636 bits per heavy atom. The van der Waals surface area contributed by atoms with E-state index in [4.69, 9.17) is 3.07 Å². The van der Waals surface area contributed by atoms with Crippen LogP contribution in [0.15, 0.2) is 0 Å². The molecule has 0 radical (unpaired) electrons. The first kappa shape index (κ1) is 20.8. The van der Waals surface area contributed by atoms with E-state index in [9.17, 15) is 0 Å². The molecule has 0 amide bonds. The van der Waals surface area contributed by atoms with Crippen LogP contribution in [0.3, 0.4) is 0 Å². The zero-order valence-corrected chi connectivity index (χ0v) is 18.5. The molecule has 1 aliphatic heterocycles. The first-order valence-corrected chi connectivity index (χ1v) is 17.7. The molecule has 0 aromatic rings. The maximum atomic E-state index is 6.53. The Balaban J connectivity index is 2.17. The van der Waals surface area contributed by atoms with Gasteiger partial charge in [0, 0.05) is 0 Å². The molecule has 0 aromatic heterocycles. The Hall–Kier alpha value is 0.759. The van der Waals surface area contributed by atoms with Crippen LogP contribution in [0.1, 0.15) is 104 Å². The van der Waals surface area contributed by atoms with Crippen molar-refractivity contribution in [3.63, 3.8) is 0 Å². The van der Waals surface area contributed by atoms with Gasteiger partial charge >= 0.3 is 146 Å². The zero-order valence-electron chi connectivity index (χ0n) is 15.6. The molecule has 0 spiro atoms. The minimum atomic E-state index is -2.13. The van der Waals surface area contributed by atoms with Gasteiger partial charge in [0.2, 0.25) is 0 Å². The van der Waals surface area contributed by atoms with E-state index in [0.717, 1.165) is 6.61 Å². The van der Waals surface area contributed by atoms with Gasteiger partial charge in [-0.25, -0.2) is 0 Å². The van der Waals surface area contributed by atoms with Gasteiger partial charge in [-0.1, -0.05) is 0 Å². The summed E-state index contributed by atoms with van der Waals surface area (Å²) in [5.74, 6) is 0. The van der Waals surface area contributed by atoms with Gasteiger partial charge in [0.1, 0.15) is 0 Å². The molecule has 0 unspecified atom stereocenters. The van der Waals surface area contributed by atoms with Gasteiger partial charge in [0.05, 0.1) is 0 Å². The molecule has 1 nitrogen and oxygen atoms in total. The van der Waals surface area contributed by atoms with E-state index in [0.29, 0.717) is 0 Å². The van der Waals surface area contributed by atoms with Crippen LogP contribution in [0.2, 0.25) is 13.3 Å². The molecule has 0 aliphatic carbocycles. The molecular formula is C20H42OSn. The standard InChI is InChI=1S/2C8H17.C4H8O.Sn/c2*1-3-5-7-8-6-4-2;1-2-3-4-5;/h2*1,3-8H2,2H3;1-4H2;/q;;-1;+1. The molecular weight excluding hydrogens is 375 g/mol. The van der Waals surface area contributed by atoms with Crippen LogP contribution in [-0.2, 0) is 3.07 Å². The van der Waals surface area contributed by atoms with Gasteiger partial charge in [-0.15, -0.1) is 0 Å². The van der Waals surface area contributed by atoms with Crippen LogP contribution in [0.5, 0.6) is 0 Å². The molecule has 1 saturated heterocycles. The second kappa shape index (κ2) is 14.1. The molecule has 1 rings (SSSR count). The average Bonchev–Trinajstić information content (AvgIpc) is 2.55. The molecule has 132 valence electrons. The summed E-state index contributed by atoms with van der Waals surface area (Å²) in [5, 5.41) is 0. The topological polar surface area (TPSA) is 9.23 Å². The van der Waals surface area contributed by atoms with Gasteiger partial charge in [-0.2, -0.15) is 0 Å². The monoisotopic (exact) mass is 418 g/mol. The summed E-state index contributed by atoms with van der Waals surface area (Å²) >= 11 is -2.13. The summed E-state index contributed by atoms with van der Waals surface area (Å²) in [6.07, 6.45) is 20.2. The molecule has 1 heterocycles. The maximum absolute atomic E-state index is 6.53. The van der Waals surface area contributed by atoms with Crippen molar-refractivity contribution in [2.45, 2.75) is 117 Å². The number of hydrogen-bond donors (Lipinski definition) is 0. The number of rotatable bonds is 14. The van der Waals surface area contributed by atoms with Crippen LogP contribution >= 0.6 is 0 Å². The molecule has 1 aliphatic rings. The van der Waals surface area contributed by atoms with Crippen LogP contribution in [0, 0.1) is 0 Å². The van der Waals surface area contributed by atoms with Crippen molar-refractivity contribution in [3.05, 3.63) is 0 Å². The van der Waals surface area contributed by atoms with Crippen molar-refractivity contribution in [2.75, 3.05) is 6.61 Å². The Bertz CT molecular complexity index is 218. The van der Waals surface area contributed by atoms with E-state index >= 15 is 0 Å². The van der Waals surface area contributed by atoms with Gasteiger partial charge in [-0.05, 0) is 0 Å². The average molecular weight is 417 g/mol. The second-order valence-corrected chi connectivity index (χ2v) is 19.4. The number of hydrogen-bond acceptors (Lipinski definition) is 1. The molecule has 1 fully saturated rings. The summed E-state index contributed by atoms with van der Waals surface area (Å²) in [5.41, 5.74) is 0. The van der Waals surface area contributed by atoms with E-state index in [1.165, 1.54) is 98.8 Å². The normalized spacial score (nSPS) is 17.7. The first-order valence-electron chi connectivity index (χ1n) is 10.5. The predicted molar refractivity (Wildman–Crippen MR) is 102 cm³/mol. The fourth-order valence-electron chi connectivity index (χ4n) is 3.88. The summed E-state index contributed by atoms with van der Waals surface area (Å²) in [4.78, 5) is 0. The second-order valence-electron chi connectivity index (χ2n) is 7.52. The van der Waals surface area contributed by atoms with Crippen molar-refractivity contribution >= 4 is 18.8 Å². The summed E-state index contributed by atoms with van der Waals surface area (Å²) in [6, 6.07) is 0. The molecule has 22 heavy (non-hydrogen) atoms. The molecule has 0 bridgehead atoms. The predicted octanol–water partition coefficient (Wildman–Crippen LogP) is 7.46. The molecule has 0 aromatic carbocycles. The Labute approximate surface area is 145 Å². The van der Waals surface area contributed by atoms with Crippen LogP contribution < -0.4 is 0 Å². The third kappa shape index (κ3) is 9.80. The third-order valence-electron chi connectivity index (χ3n) is 5.41. The molecule has 0 atom stereocenters. The van der Waals surface area contributed by atoms with E-state index in [-0.39, 0.29) is 0 Å². The zero-order chi connectivity index (χ0) is 15.9. The van der Waals surface area contributed by atoms with E-state index in [1.807, 2.05) is 0 Å². The first-order chi connectivity index (χ1) is 10.8. The van der Waals surface area contributed by atoms with Crippen molar-refractivity contribution in [1.82, 2.24) is 0 Å². The van der Waals surface area contributed by atoms with Crippen molar-refractivity contribution in [1.29, 1.82) is 0 Å². The van der Waals surface area contributed by atoms with E-state index in [1.54, 1.807) is 4.44 Å². The van der Waals surface area contributed by atoms with Gasteiger partial charge in [0.25, 0.3) is 0 Å². The van der Waals surface area contributed by atoms with Crippen LogP contribution in [0.4, 0.5) is 0 Å². The van der Waals surface area contributed by atoms with E-state index < -0.39 is 18.8 Å². The Morgan fingerprint density at radius 2 is 1.14 bits per heavy atom. The van der Waals surface area contributed by atoms with E-state index in [2.05, 4.69) is 13.8 Å². The Kier molecular flexibility index (Phi) is 13.4. The van der Waals surface area contributed by atoms with Crippen molar-refractivity contribution < 1.29 is 3.07 Å². The summed E-state index contributed by atoms with van der Waals surface area (Å²) in [6.45, 7) is 5.73. The van der Waals surface area contributed by atoms with Crippen molar-refractivity contribution in [2.24, 2.45) is 0 Å². The SMILES string of the molecule is CCCCCCC[CH2][Sn]1([CH2]CCCCCCC)[CH2]CCC[O]1. The summed E-state index contributed by atoms with van der Waals surface area (Å²) in [7, 11) is 0. The van der Waals surface area contributed by atoms with Crippen molar-refractivity contribution in [3.8, 4) is 0 Å². The van der Waals surface area contributed by atoms with Gasteiger partial charge in [-0.3, -0.25) is 0 Å². The minimum absolute atomic E-state index is 1.11. The quantitative estimate of drug-likeness (QED) is 0.211. The van der Waals surface area contributed by atoms with Gasteiger partial charge in [0.15, 0.2) is 0 Å².